The highest BCUT2D eigenvalue weighted by molar-refractivity contribution is 9.10. The van der Waals surface area contributed by atoms with E-state index in [1.54, 1.807) is 0 Å². The summed E-state index contributed by atoms with van der Waals surface area (Å²) < 4.78 is 2.89. The normalized spacial score (nSPS) is 22.4. The Morgan fingerprint density at radius 2 is 2.14 bits per heavy atom. The van der Waals surface area contributed by atoms with Crippen LogP contribution in [0.25, 0.3) is 11.4 Å². The van der Waals surface area contributed by atoms with Crippen LogP contribution < -0.4 is 5.73 Å². The summed E-state index contributed by atoms with van der Waals surface area (Å²) in [7, 11) is 0. The van der Waals surface area contributed by atoms with Gasteiger partial charge in [0.1, 0.15) is 0 Å². The maximum Gasteiger partial charge on any atom is 0.183 e. The van der Waals surface area contributed by atoms with Crippen LogP contribution in [0.15, 0.2) is 22.7 Å². The van der Waals surface area contributed by atoms with E-state index in [1.165, 1.54) is 25.7 Å². The van der Waals surface area contributed by atoms with Gasteiger partial charge in [-0.15, -0.1) is 5.10 Å². The summed E-state index contributed by atoms with van der Waals surface area (Å²) in [6.45, 7) is 3.22. The first-order valence-corrected chi connectivity index (χ1v) is 8.26. The number of rotatable bonds is 3. The van der Waals surface area contributed by atoms with E-state index in [9.17, 15) is 0 Å². The van der Waals surface area contributed by atoms with Gasteiger partial charge >= 0.3 is 0 Å². The van der Waals surface area contributed by atoms with Gasteiger partial charge in [0.15, 0.2) is 5.82 Å². The second-order valence-corrected chi connectivity index (χ2v) is 6.80. The van der Waals surface area contributed by atoms with Crippen LogP contribution in [-0.2, 0) is 6.54 Å². The number of hydrogen-bond acceptors (Lipinski definition) is 4. The van der Waals surface area contributed by atoms with Crippen LogP contribution in [0.1, 0.15) is 32.6 Å². The Bertz CT molecular complexity index is 624. The molecule has 6 heteroatoms. The number of halogens is 1. The molecule has 5 nitrogen and oxygen atoms in total. The number of tetrazole rings is 1. The van der Waals surface area contributed by atoms with Crippen LogP contribution in [0.4, 0.5) is 5.69 Å². The van der Waals surface area contributed by atoms with Crippen molar-refractivity contribution in [3.63, 3.8) is 0 Å². The summed E-state index contributed by atoms with van der Waals surface area (Å²) in [6, 6.07) is 5.72. The van der Waals surface area contributed by atoms with Crippen LogP contribution in [0.2, 0.25) is 0 Å². The molecule has 2 N–H and O–H groups in total. The maximum absolute atomic E-state index is 5.89. The monoisotopic (exact) mass is 349 g/mol. The summed E-state index contributed by atoms with van der Waals surface area (Å²) >= 11 is 3.56. The molecule has 1 heterocycles. The van der Waals surface area contributed by atoms with E-state index in [0.717, 1.165) is 28.3 Å². The third-order valence-electron chi connectivity index (χ3n) is 4.46. The van der Waals surface area contributed by atoms with Crippen molar-refractivity contribution in [3.05, 3.63) is 22.7 Å². The van der Waals surface area contributed by atoms with Gasteiger partial charge in [-0.2, -0.15) is 0 Å². The fourth-order valence-electron chi connectivity index (χ4n) is 3.12. The first-order valence-electron chi connectivity index (χ1n) is 7.46. The number of nitrogen functional groups attached to an aromatic ring is 1. The Balaban J connectivity index is 1.88. The predicted molar refractivity (Wildman–Crippen MR) is 86.5 cm³/mol. The highest BCUT2D eigenvalue weighted by Gasteiger charge is 2.24. The van der Waals surface area contributed by atoms with Gasteiger partial charge < -0.3 is 5.73 Å². The van der Waals surface area contributed by atoms with Crippen molar-refractivity contribution >= 4 is 21.6 Å². The molecular weight excluding hydrogens is 330 g/mol. The average Bonchev–Trinajstić information content (AvgIpc) is 2.92. The quantitative estimate of drug-likeness (QED) is 0.860. The molecule has 1 aliphatic carbocycles. The van der Waals surface area contributed by atoms with Gasteiger partial charge in [0, 0.05) is 22.3 Å². The highest BCUT2D eigenvalue weighted by Crippen LogP contribution is 2.33. The lowest BCUT2D eigenvalue weighted by molar-refractivity contribution is 0.221. The van der Waals surface area contributed by atoms with E-state index < -0.39 is 0 Å². The smallest absolute Gasteiger partial charge is 0.183 e. The van der Waals surface area contributed by atoms with Crippen LogP contribution in [0.5, 0.6) is 0 Å². The second-order valence-electron chi connectivity index (χ2n) is 5.95. The third-order valence-corrected chi connectivity index (χ3v) is 5.15. The molecule has 0 saturated heterocycles. The lowest BCUT2D eigenvalue weighted by Crippen LogP contribution is -2.23. The molecule has 2 aromatic rings. The highest BCUT2D eigenvalue weighted by atomic mass is 79.9. The summed E-state index contributed by atoms with van der Waals surface area (Å²) in [5.74, 6) is 2.17. The zero-order chi connectivity index (χ0) is 14.8. The van der Waals surface area contributed by atoms with E-state index in [2.05, 4.69) is 38.4 Å². The molecule has 0 aliphatic heterocycles. The molecule has 1 aromatic carbocycles. The van der Waals surface area contributed by atoms with E-state index >= 15 is 0 Å². The Hall–Kier alpha value is -1.43. The van der Waals surface area contributed by atoms with Crippen molar-refractivity contribution in [1.82, 2.24) is 20.2 Å². The molecule has 0 bridgehead atoms. The summed E-state index contributed by atoms with van der Waals surface area (Å²) in [4.78, 5) is 0. The molecule has 0 amide bonds. The summed E-state index contributed by atoms with van der Waals surface area (Å²) in [5.41, 5.74) is 7.56. The van der Waals surface area contributed by atoms with Crippen molar-refractivity contribution < 1.29 is 0 Å². The van der Waals surface area contributed by atoms with Crippen molar-refractivity contribution in [2.45, 2.75) is 39.2 Å². The van der Waals surface area contributed by atoms with E-state index in [1.807, 2.05) is 22.9 Å². The summed E-state index contributed by atoms with van der Waals surface area (Å²) in [6.07, 6.45) is 5.23. The number of anilines is 1. The van der Waals surface area contributed by atoms with E-state index in [0.29, 0.717) is 11.6 Å². The van der Waals surface area contributed by atoms with Gasteiger partial charge in [-0.1, -0.05) is 42.1 Å². The van der Waals surface area contributed by atoms with Crippen molar-refractivity contribution in [2.75, 3.05) is 5.73 Å². The zero-order valence-electron chi connectivity index (χ0n) is 12.2. The Kier molecular flexibility index (Phi) is 4.24. The number of hydrogen-bond donors (Lipinski definition) is 1. The van der Waals surface area contributed by atoms with Gasteiger partial charge in [0.25, 0.3) is 0 Å². The number of nitrogens with zero attached hydrogens (tertiary/aromatic N) is 4. The lowest BCUT2D eigenvalue weighted by atomic mass is 9.80. The Morgan fingerprint density at radius 1 is 1.33 bits per heavy atom. The molecule has 0 spiro atoms. The molecule has 2 unspecified atom stereocenters. The minimum absolute atomic E-state index is 0.654. The minimum atomic E-state index is 0.654. The lowest BCUT2D eigenvalue weighted by Gasteiger charge is -2.28. The van der Waals surface area contributed by atoms with E-state index in [4.69, 9.17) is 5.73 Å². The van der Waals surface area contributed by atoms with Crippen molar-refractivity contribution in [1.29, 1.82) is 0 Å². The molecular formula is C15H20BrN5. The van der Waals surface area contributed by atoms with Crippen LogP contribution in [0, 0.1) is 11.8 Å². The first kappa shape index (κ1) is 14.5. The maximum atomic E-state index is 5.89. The number of nitrogens with two attached hydrogens (primary N) is 1. The standard InChI is InChI=1S/C15H20BrN5/c1-10-4-2-3-5-11(10)9-21-15(18-19-20-21)13-8-12(17)6-7-14(13)16/h6-8,10-11H,2-5,9,17H2,1H3. The molecule has 1 aromatic heterocycles. The second kappa shape index (κ2) is 6.13. The number of aromatic nitrogens is 4. The third kappa shape index (κ3) is 3.10. The Labute approximate surface area is 133 Å². The van der Waals surface area contributed by atoms with Gasteiger partial charge in [-0.3, -0.25) is 0 Å². The largest absolute Gasteiger partial charge is 0.399 e. The van der Waals surface area contributed by atoms with Crippen LogP contribution in [-0.4, -0.2) is 20.2 Å². The summed E-state index contributed by atoms with van der Waals surface area (Å²) in [5, 5.41) is 12.2. The molecule has 112 valence electrons. The van der Waals surface area contributed by atoms with Gasteiger partial charge in [-0.05, 0) is 46.9 Å². The van der Waals surface area contributed by atoms with Gasteiger partial charge in [0.2, 0.25) is 0 Å². The predicted octanol–water partition coefficient (Wildman–Crippen LogP) is 3.51. The van der Waals surface area contributed by atoms with Crippen molar-refractivity contribution in [2.24, 2.45) is 11.8 Å². The molecule has 0 radical (unpaired) electrons. The van der Waals surface area contributed by atoms with Crippen LogP contribution in [0.3, 0.4) is 0 Å². The molecule has 2 atom stereocenters. The average molecular weight is 350 g/mol. The topological polar surface area (TPSA) is 69.6 Å². The fraction of sp³-hybridized carbons (Fsp3) is 0.533. The molecule has 21 heavy (non-hydrogen) atoms. The zero-order valence-corrected chi connectivity index (χ0v) is 13.8. The molecule has 3 rings (SSSR count). The van der Waals surface area contributed by atoms with E-state index in [-0.39, 0.29) is 0 Å². The minimum Gasteiger partial charge on any atom is -0.399 e. The van der Waals surface area contributed by atoms with Gasteiger partial charge in [0.05, 0.1) is 0 Å². The van der Waals surface area contributed by atoms with Crippen molar-refractivity contribution in [3.8, 4) is 11.4 Å². The SMILES string of the molecule is CC1CCCCC1Cn1nnnc1-c1cc(N)ccc1Br. The molecule has 1 saturated carbocycles. The molecule has 1 fully saturated rings. The van der Waals surface area contributed by atoms with Gasteiger partial charge in [-0.25, -0.2) is 4.68 Å². The molecule has 1 aliphatic rings. The number of benzene rings is 1. The van der Waals surface area contributed by atoms with Crippen LogP contribution >= 0.6 is 15.9 Å². The Morgan fingerprint density at radius 3 is 2.95 bits per heavy atom. The first-order chi connectivity index (χ1) is 10.1. The fourth-order valence-corrected chi connectivity index (χ4v) is 3.55.